The Hall–Kier alpha value is -2.02. The van der Waals surface area contributed by atoms with Crippen LogP contribution in [0, 0.1) is 5.92 Å². The molecule has 3 rings (SSSR count). The zero-order valence-corrected chi connectivity index (χ0v) is 13.0. The molecular weight excluding hydrogens is 300 g/mol. The van der Waals surface area contributed by atoms with E-state index in [9.17, 15) is 9.59 Å². The summed E-state index contributed by atoms with van der Waals surface area (Å²) >= 11 is 1.36. The molecule has 0 aromatic carbocycles. The number of thiazole rings is 1. The van der Waals surface area contributed by atoms with Gasteiger partial charge in [0.25, 0.3) is 11.5 Å². The van der Waals surface area contributed by atoms with Gasteiger partial charge in [-0.3, -0.25) is 9.59 Å². The average molecular weight is 318 g/mol. The van der Waals surface area contributed by atoms with E-state index < -0.39 is 6.04 Å². The third-order valence-electron chi connectivity index (χ3n) is 4.03. The van der Waals surface area contributed by atoms with Crippen molar-refractivity contribution in [3.05, 3.63) is 40.3 Å². The van der Waals surface area contributed by atoms with Crippen molar-refractivity contribution < 1.29 is 4.79 Å². The molecule has 2 aromatic rings. The highest BCUT2D eigenvalue weighted by Crippen LogP contribution is 2.32. The lowest BCUT2D eigenvalue weighted by molar-refractivity contribution is -0.120. The molecule has 1 fully saturated rings. The number of nitrogens with zero attached hydrogens (tertiary/aromatic N) is 3. The fourth-order valence-electron chi connectivity index (χ4n) is 2.96. The van der Waals surface area contributed by atoms with Gasteiger partial charge in [0.1, 0.15) is 6.04 Å². The number of aromatic nitrogens is 3. The Morgan fingerprint density at radius 3 is 2.91 bits per heavy atom. The smallest absolute Gasteiger partial charge is 0.267 e. The minimum Gasteiger partial charge on any atom is -0.300 e. The molecular formula is C15H18N4O2S. The van der Waals surface area contributed by atoms with Crippen molar-refractivity contribution in [3.63, 3.8) is 0 Å². The van der Waals surface area contributed by atoms with Gasteiger partial charge in [0.15, 0.2) is 5.13 Å². The first kappa shape index (κ1) is 14.9. The summed E-state index contributed by atoms with van der Waals surface area (Å²) in [6, 6.07) is 2.44. The fourth-order valence-corrected chi connectivity index (χ4v) is 3.49. The average Bonchev–Trinajstić information content (AvgIpc) is 3.19. The van der Waals surface area contributed by atoms with Crippen LogP contribution in [0.3, 0.4) is 0 Å². The van der Waals surface area contributed by atoms with Gasteiger partial charge in [-0.25, -0.2) is 9.67 Å². The molecule has 6 nitrogen and oxygen atoms in total. The van der Waals surface area contributed by atoms with Crippen molar-refractivity contribution in [1.29, 1.82) is 0 Å². The van der Waals surface area contributed by atoms with E-state index in [1.165, 1.54) is 34.9 Å². The number of hydrogen-bond donors (Lipinski definition) is 1. The first-order chi connectivity index (χ1) is 10.7. The van der Waals surface area contributed by atoms with Gasteiger partial charge in [-0.1, -0.05) is 25.7 Å². The summed E-state index contributed by atoms with van der Waals surface area (Å²) in [6.07, 6.45) is 8.45. The highest BCUT2D eigenvalue weighted by Gasteiger charge is 2.28. The maximum absolute atomic E-state index is 12.6. The second-order valence-corrected chi connectivity index (χ2v) is 6.43. The van der Waals surface area contributed by atoms with Crippen molar-refractivity contribution in [2.45, 2.75) is 38.1 Å². The number of anilines is 1. The standard InChI is InChI=1S/C15H18N4O2S/c20-13-6-3-7-17-19(13)12(10-11-4-1-2-5-11)14(21)18-15-16-8-9-22-15/h3,6-9,11-12H,1-2,4-5,10H2,(H,16,18,21). The summed E-state index contributed by atoms with van der Waals surface area (Å²) in [6.45, 7) is 0. The maximum atomic E-state index is 12.6. The lowest BCUT2D eigenvalue weighted by atomic mass is 9.98. The molecule has 0 spiro atoms. The minimum absolute atomic E-state index is 0.220. The van der Waals surface area contributed by atoms with Crippen molar-refractivity contribution in [2.75, 3.05) is 5.32 Å². The van der Waals surface area contributed by atoms with Crippen molar-refractivity contribution in [2.24, 2.45) is 5.92 Å². The van der Waals surface area contributed by atoms with Crippen LogP contribution in [-0.2, 0) is 4.79 Å². The molecule has 1 aliphatic rings. The highest BCUT2D eigenvalue weighted by atomic mass is 32.1. The molecule has 0 saturated heterocycles. The van der Waals surface area contributed by atoms with E-state index in [-0.39, 0.29) is 11.5 Å². The second-order valence-electron chi connectivity index (χ2n) is 5.53. The summed E-state index contributed by atoms with van der Waals surface area (Å²) in [5.41, 5.74) is -0.250. The van der Waals surface area contributed by atoms with E-state index in [0.717, 1.165) is 12.8 Å². The van der Waals surface area contributed by atoms with Gasteiger partial charge in [-0.05, 0) is 18.4 Å². The summed E-state index contributed by atoms with van der Waals surface area (Å²) in [7, 11) is 0. The van der Waals surface area contributed by atoms with E-state index in [1.54, 1.807) is 23.8 Å². The molecule has 22 heavy (non-hydrogen) atoms. The Labute approximate surface area is 132 Å². The van der Waals surface area contributed by atoms with Gasteiger partial charge in [0.05, 0.1) is 0 Å². The molecule has 1 unspecified atom stereocenters. The predicted octanol–water partition coefficient (Wildman–Crippen LogP) is 2.46. The fraction of sp³-hybridized carbons (Fsp3) is 0.467. The van der Waals surface area contributed by atoms with E-state index in [0.29, 0.717) is 17.5 Å². The lowest BCUT2D eigenvalue weighted by Crippen LogP contribution is -2.35. The molecule has 1 atom stereocenters. The number of carbonyl (C=O) groups excluding carboxylic acids is 1. The van der Waals surface area contributed by atoms with Crippen molar-refractivity contribution in [3.8, 4) is 0 Å². The summed E-state index contributed by atoms with van der Waals surface area (Å²) in [5.74, 6) is 0.253. The molecule has 0 radical (unpaired) electrons. The molecule has 2 aromatic heterocycles. The largest absolute Gasteiger partial charge is 0.300 e. The van der Waals surface area contributed by atoms with Gasteiger partial charge in [0.2, 0.25) is 0 Å². The minimum atomic E-state index is -0.583. The molecule has 1 N–H and O–H groups in total. The SMILES string of the molecule is O=C(Nc1nccs1)C(CC1CCCC1)n1ncccc1=O. The monoisotopic (exact) mass is 318 g/mol. The Morgan fingerprint density at radius 1 is 1.41 bits per heavy atom. The summed E-state index contributed by atoms with van der Waals surface area (Å²) < 4.78 is 1.29. The third kappa shape index (κ3) is 3.41. The van der Waals surface area contributed by atoms with Crippen LogP contribution < -0.4 is 10.9 Å². The molecule has 7 heteroatoms. The normalized spacial score (nSPS) is 16.5. The Kier molecular flexibility index (Phi) is 4.62. The van der Waals surface area contributed by atoms with Gasteiger partial charge < -0.3 is 5.32 Å². The van der Waals surface area contributed by atoms with Crippen LogP contribution in [0.2, 0.25) is 0 Å². The number of hydrogen-bond acceptors (Lipinski definition) is 5. The summed E-state index contributed by atoms with van der Waals surface area (Å²) in [4.78, 5) is 28.7. The van der Waals surface area contributed by atoms with E-state index in [1.807, 2.05) is 0 Å². The van der Waals surface area contributed by atoms with Crippen LogP contribution in [0.4, 0.5) is 5.13 Å². The number of rotatable bonds is 5. The molecule has 1 saturated carbocycles. The van der Waals surface area contributed by atoms with Crippen LogP contribution in [0.15, 0.2) is 34.7 Å². The highest BCUT2D eigenvalue weighted by molar-refractivity contribution is 7.13. The Balaban J connectivity index is 1.83. The molecule has 1 aliphatic carbocycles. The van der Waals surface area contributed by atoms with Crippen LogP contribution in [-0.4, -0.2) is 20.7 Å². The van der Waals surface area contributed by atoms with Crippen molar-refractivity contribution in [1.82, 2.24) is 14.8 Å². The molecule has 2 heterocycles. The van der Waals surface area contributed by atoms with Crippen LogP contribution in [0.25, 0.3) is 0 Å². The molecule has 0 bridgehead atoms. The topological polar surface area (TPSA) is 76.9 Å². The zero-order valence-electron chi connectivity index (χ0n) is 12.1. The van der Waals surface area contributed by atoms with Gasteiger partial charge in [-0.15, -0.1) is 11.3 Å². The van der Waals surface area contributed by atoms with E-state index in [2.05, 4.69) is 15.4 Å². The van der Waals surface area contributed by atoms with E-state index >= 15 is 0 Å². The Bertz CT molecular complexity index is 677. The third-order valence-corrected chi connectivity index (χ3v) is 4.72. The molecule has 0 aliphatic heterocycles. The van der Waals surface area contributed by atoms with Crippen LogP contribution >= 0.6 is 11.3 Å². The van der Waals surface area contributed by atoms with Gasteiger partial charge in [-0.2, -0.15) is 5.10 Å². The number of nitrogens with one attached hydrogen (secondary N) is 1. The second kappa shape index (κ2) is 6.83. The van der Waals surface area contributed by atoms with E-state index in [4.69, 9.17) is 0 Å². The zero-order chi connectivity index (χ0) is 15.4. The van der Waals surface area contributed by atoms with Crippen LogP contribution in [0.1, 0.15) is 38.1 Å². The molecule has 1 amide bonds. The molecule has 116 valence electrons. The quantitative estimate of drug-likeness (QED) is 0.918. The lowest BCUT2D eigenvalue weighted by Gasteiger charge is -2.20. The maximum Gasteiger partial charge on any atom is 0.267 e. The van der Waals surface area contributed by atoms with Crippen LogP contribution in [0.5, 0.6) is 0 Å². The van der Waals surface area contributed by atoms with Gasteiger partial charge >= 0.3 is 0 Å². The van der Waals surface area contributed by atoms with Gasteiger partial charge in [0, 0.05) is 23.8 Å². The number of amides is 1. The van der Waals surface area contributed by atoms with Crippen molar-refractivity contribution >= 4 is 22.4 Å². The first-order valence-electron chi connectivity index (χ1n) is 7.48. The summed E-state index contributed by atoms with van der Waals surface area (Å²) in [5, 5.41) is 9.23. The predicted molar refractivity (Wildman–Crippen MR) is 84.9 cm³/mol. The first-order valence-corrected chi connectivity index (χ1v) is 8.36. The number of carbonyl (C=O) groups is 1. The Morgan fingerprint density at radius 2 is 2.23 bits per heavy atom.